The van der Waals surface area contributed by atoms with Gasteiger partial charge in [-0.1, -0.05) is 18.2 Å². The number of allylic oxidation sites excluding steroid dienone is 2. The largest absolute Gasteiger partial charge is 0.375 e. The molecule has 0 heterocycles. The SMILES string of the molecule is CCOC1(O)C=CC=CC1C=NNC(N)=S. The summed E-state index contributed by atoms with van der Waals surface area (Å²) >= 11 is 4.60. The molecule has 16 heavy (non-hydrogen) atoms. The quantitative estimate of drug-likeness (QED) is 0.285. The van der Waals surface area contributed by atoms with E-state index >= 15 is 0 Å². The summed E-state index contributed by atoms with van der Waals surface area (Å²) < 4.78 is 5.27. The minimum atomic E-state index is -1.36. The van der Waals surface area contributed by atoms with Crippen LogP contribution in [0.1, 0.15) is 6.92 Å². The molecule has 0 spiro atoms. The van der Waals surface area contributed by atoms with Gasteiger partial charge in [-0.25, -0.2) is 0 Å². The van der Waals surface area contributed by atoms with E-state index in [1.165, 1.54) is 6.21 Å². The zero-order valence-electron chi connectivity index (χ0n) is 8.96. The van der Waals surface area contributed by atoms with Crippen LogP contribution in [0.15, 0.2) is 29.4 Å². The van der Waals surface area contributed by atoms with Crippen LogP contribution in [0.2, 0.25) is 0 Å². The molecule has 2 atom stereocenters. The van der Waals surface area contributed by atoms with Gasteiger partial charge in [-0.15, -0.1) is 0 Å². The third-order valence-electron chi connectivity index (χ3n) is 2.03. The topological polar surface area (TPSA) is 79.9 Å². The first-order chi connectivity index (χ1) is 7.58. The Bertz CT molecular complexity index is 341. The zero-order chi connectivity index (χ0) is 12.0. The summed E-state index contributed by atoms with van der Waals surface area (Å²) in [5, 5.41) is 14.0. The summed E-state index contributed by atoms with van der Waals surface area (Å²) in [6.45, 7) is 2.22. The van der Waals surface area contributed by atoms with Crippen LogP contribution in [-0.2, 0) is 4.74 Å². The molecule has 0 saturated heterocycles. The van der Waals surface area contributed by atoms with Gasteiger partial charge in [-0.05, 0) is 25.2 Å². The number of aliphatic hydroxyl groups is 1. The highest BCUT2D eigenvalue weighted by Gasteiger charge is 2.33. The molecule has 0 fully saturated rings. The molecule has 2 unspecified atom stereocenters. The second kappa shape index (κ2) is 5.74. The van der Waals surface area contributed by atoms with E-state index in [-0.39, 0.29) is 11.0 Å². The van der Waals surface area contributed by atoms with Gasteiger partial charge in [-0.2, -0.15) is 5.10 Å². The normalized spacial score (nSPS) is 28.5. The molecular weight excluding hydrogens is 226 g/mol. The van der Waals surface area contributed by atoms with Gasteiger partial charge in [0.2, 0.25) is 0 Å². The minimum Gasteiger partial charge on any atom is -0.375 e. The van der Waals surface area contributed by atoms with Crippen molar-refractivity contribution >= 4 is 23.5 Å². The van der Waals surface area contributed by atoms with Crippen molar-refractivity contribution in [3.05, 3.63) is 24.3 Å². The number of nitrogens with two attached hydrogens (primary N) is 1. The Morgan fingerprint density at radius 1 is 1.75 bits per heavy atom. The molecule has 0 aromatic rings. The van der Waals surface area contributed by atoms with E-state index in [0.717, 1.165) is 0 Å². The lowest BCUT2D eigenvalue weighted by Crippen LogP contribution is -2.40. The fourth-order valence-electron chi connectivity index (χ4n) is 1.34. The van der Waals surface area contributed by atoms with Gasteiger partial charge in [0.25, 0.3) is 0 Å². The highest BCUT2D eigenvalue weighted by Crippen LogP contribution is 2.24. The van der Waals surface area contributed by atoms with Crippen LogP contribution in [-0.4, -0.2) is 28.8 Å². The molecule has 0 saturated carbocycles. The maximum atomic E-state index is 10.2. The first-order valence-corrected chi connectivity index (χ1v) is 5.30. The number of hydrazone groups is 1. The van der Waals surface area contributed by atoms with Gasteiger partial charge in [0, 0.05) is 12.8 Å². The Morgan fingerprint density at radius 2 is 2.50 bits per heavy atom. The average Bonchev–Trinajstić information content (AvgIpc) is 2.21. The van der Waals surface area contributed by atoms with Crippen LogP contribution in [0, 0.1) is 5.92 Å². The van der Waals surface area contributed by atoms with Gasteiger partial charge in [0.1, 0.15) is 0 Å². The van der Waals surface area contributed by atoms with E-state index in [4.69, 9.17) is 10.5 Å². The molecule has 88 valence electrons. The van der Waals surface area contributed by atoms with Gasteiger partial charge in [0.05, 0.1) is 5.92 Å². The van der Waals surface area contributed by atoms with E-state index in [9.17, 15) is 5.11 Å². The highest BCUT2D eigenvalue weighted by molar-refractivity contribution is 7.80. The average molecular weight is 241 g/mol. The maximum absolute atomic E-state index is 10.2. The molecule has 0 aromatic carbocycles. The highest BCUT2D eigenvalue weighted by atomic mass is 32.1. The van der Waals surface area contributed by atoms with Crippen molar-refractivity contribution in [1.82, 2.24) is 5.43 Å². The van der Waals surface area contributed by atoms with Crippen LogP contribution in [0.3, 0.4) is 0 Å². The predicted octanol–water partition coefficient (Wildman–Crippen LogP) is 0.273. The van der Waals surface area contributed by atoms with Gasteiger partial charge in [0.15, 0.2) is 10.9 Å². The lowest BCUT2D eigenvalue weighted by atomic mass is 9.95. The molecule has 5 nitrogen and oxygen atoms in total. The van der Waals surface area contributed by atoms with Crippen molar-refractivity contribution in [3.8, 4) is 0 Å². The molecule has 1 aliphatic carbocycles. The lowest BCUT2D eigenvalue weighted by molar-refractivity contribution is -0.174. The summed E-state index contributed by atoms with van der Waals surface area (Å²) in [4.78, 5) is 0. The van der Waals surface area contributed by atoms with E-state index in [1.54, 1.807) is 18.2 Å². The molecule has 0 aliphatic heterocycles. The fraction of sp³-hybridized carbons (Fsp3) is 0.400. The second-order valence-corrected chi connectivity index (χ2v) is 3.65. The minimum absolute atomic E-state index is 0.0755. The van der Waals surface area contributed by atoms with Crippen LogP contribution >= 0.6 is 12.2 Å². The third kappa shape index (κ3) is 3.41. The summed E-state index contributed by atoms with van der Waals surface area (Å²) in [6, 6.07) is 0. The second-order valence-electron chi connectivity index (χ2n) is 3.21. The lowest BCUT2D eigenvalue weighted by Gasteiger charge is -2.30. The Balaban J connectivity index is 2.69. The Labute approximate surface area is 99.7 Å². The molecule has 0 bridgehead atoms. The molecule has 6 heteroatoms. The summed E-state index contributed by atoms with van der Waals surface area (Å²) in [7, 11) is 0. The number of rotatable bonds is 4. The zero-order valence-corrected chi connectivity index (χ0v) is 9.78. The monoisotopic (exact) mass is 241 g/mol. The number of hydrogen-bond acceptors (Lipinski definition) is 4. The molecule has 0 aromatic heterocycles. The molecule has 1 aliphatic rings. The smallest absolute Gasteiger partial charge is 0.197 e. The van der Waals surface area contributed by atoms with E-state index in [1.807, 2.05) is 13.0 Å². The van der Waals surface area contributed by atoms with Crippen molar-refractivity contribution in [2.24, 2.45) is 16.8 Å². The summed E-state index contributed by atoms with van der Waals surface area (Å²) in [5.41, 5.74) is 7.64. The van der Waals surface area contributed by atoms with Crippen molar-refractivity contribution in [2.75, 3.05) is 6.61 Å². The Hall–Kier alpha value is -1.24. The molecule has 4 N–H and O–H groups in total. The van der Waals surface area contributed by atoms with Crippen LogP contribution < -0.4 is 11.2 Å². The number of nitrogens with one attached hydrogen (secondary N) is 1. The number of nitrogens with zero attached hydrogens (tertiary/aromatic N) is 1. The number of thiocarbonyl (C=S) groups is 1. The van der Waals surface area contributed by atoms with Crippen molar-refractivity contribution in [2.45, 2.75) is 12.7 Å². The Morgan fingerprint density at radius 3 is 3.12 bits per heavy atom. The van der Waals surface area contributed by atoms with Gasteiger partial charge < -0.3 is 15.6 Å². The standard InChI is InChI=1S/C10H15N3O2S/c1-2-15-10(14)6-4-3-5-8(10)7-12-13-9(11)16/h3-8,14H,2H2,1H3,(H3,11,13,16). The number of ether oxygens (including phenoxy) is 1. The third-order valence-corrected chi connectivity index (χ3v) is 2.12. The molecular formula is C10H15N3O2S. The number of hydrogen-bond donors (Lipinski definition) is 3. The first kappa shape index (κ1) is 12.8. The molecule has 1 rings (SSSR count). The first-order valence-electron chi connectivity index (χ1n) is 4.89. The van der Waals surface area contributed by atoms with E-state index in [2.05, 4.69) is 22.7 Å². The molecule has 0 amide bonds. The maximum Gasteiger partial charge on any atom is 0.197 e. The van der Waals surface area contributed by atoms with Crippen LogP contribution in [0.4, 0.5) is 0 Å². The Kier molecular flexibility index (Phi) is 4.60. The predicted molar refractivity (Wildman–Crippen MR) is 66.8 cm³/mol. The van der Waals surface area contributed by atoms with Crippen LogP contribution in [0.5, 0.6) is 0 Å². The fourth-order valence-corrected chi connectivity index (χ4v) is 1.39. The van der Waals surface area contributed by atoms with Gasteiger partial charge >= 0.3 is 0 Å². The summed E-state index contributed by atoms with van der Waals surface area (Å²) in [6.07, 6.45) is 8.38. The van der Waals surface area contributed by atoms with Crippen molar-refractivity contribution in [1.29, 1.82) is 0 Å². The van der Waals surface area contributed by atoms with E-state index < -0.39 is 5.79 Å². The van der Waals surface area contributed by atoms with Crippen molar-refractivity contribution in [3.63, 3.8) is 0 Å². The van der Waals surface area contributed by atoms with Gasteiger partial charge in [-0.3, -0.25) is 5.43 Å². The van der Waals surface area contributed by atoms with Crippen LogP contribution in [0.25, 0.3) is 0 Å². The van der Waals surface area contributed by atoms with E-state index in [0.29, 0.717) is 6.61 Å². The van der Waals surface area contributed by atoms with Crippen molar-refractivity contribution < 1.29 is 9.84 Å². The molecule has 0 radical (unpaired) electrons. The summed E-state index contributed by atoms with van der Waals surface area (Å²) in [5.74, 6) is -1.73.